The molecule has 1 aliphatic heterocycles. The first-order valence-electron chi connectivity index (χ1n) is 13.1. The smallest absolute Gasteiger partial charge is 0.231 e. The van der Waals surface area contributed by atoms with Crippen LogP contribution in [0.5, 0.6) is 0 Å². The molecule has 12 heteroatoms. The molecule has 1 atom stereocenters. The van der Waals surface area contributed by atoms with Crippen LogP contribution in [0.1, 0.15) is 22.7 Å². The molecule has 4 heterocycles. The van der Waals surface area contributed by atoms with Gasteiger partial charge in [-0.3, -0.25) is 9.79 Å². The van der Waals surface area contributed by atoms with Crippen molar-refractivity contribution in [2.24, 2.45) is 16.5 Å². The maximum atomic E-state index is 13.3. The molecular formula is C29H29FN10O. The van der Waals surface area contributed by atoms with E-state index in [1.54, 1.807) is 47.2 Å². The average molecular weight is 553 g/mol. The van der Waals surface area contributed by atoms with Crippen molar-refractivity contribution in [1.82, 2.24) is 24.5 Å². The van der Waals surface area contributed by atoms with Gasteiger partial charge in [0.1, 0.15) is 28.8 Å². The molecule has 41 heavy (non-hydrogen) atoms. The molecule has 0 spiro atoms. The van der Waals surface area contributed by atoms with E-state index in [2.05, 4.69) is 26.0 Å². The van der Waals surface area contributed by atoms with Gasteiger partial charge < -0.3 is 21.3 Å². The van der Waals surface area contributed by atoms with E-state index in [1.165, 1.54) is 24.5 Å². The van der Waals surface area contributed by atoms with Gasteiger partial charge in [-0.05, 0) is 29.8 Å². The maximum Gasteiger partial charge on any atom is 0.231 e. The van der Waals surface area contributed by atoms with Crippen molar-refractivity contribution >= 4 is 29.0 Å². The number of pyridine rings is 1. The fraction of sp³-hybridized carbons (Fsp3) is 0.241. The lowest BCUT2D eigenvalue weighted by atomic mass is 9.97. The minimum Gasteiger partial charge on any atom is -0.404 e. The van der Waals surface area contributed by atoms with Gasteiger partial charge in [0, 0.05) is 69.5 Å². The van der Waals surface area contributed by atoms with Gasteiger partial charge >= 0.3 is 0 Å². The van der Waals surface area contributed by atoms with Crippen molar-refractivity contribution in [2.45, 2.75) is 5.92 Å². The highest BCUT2D eigenvalue weighted by Gasteiger charge is 2.28. The second kappa shape index (κ2) is 11.9. The number of fused-ring (bicyclic) bond motifs is 1. The number of hydrogen-bond donors (Lipinski definition) is 2. The van der Waals surface area contributed by atoms with Crippen LogP contribution in [0.3, 0.4) is 0 Å². The van der Waals surface area contributed by atoms with Gasteiger partial charge in [-0.25, -0.2) is 18.9 Å². The number of allylic oxidation sites excluding steroid dienone is 1. The van der Waals surface area contributed by atoms with Gasteiger partial charge in [-0.2, -0.15) is 10.4 Å². The maximum absolute atomic E-state index is 13.3. The van der Waals surface area contributed by atoms with Gasteiger partial charge in [0.05, 0.1) is 29.7 Å². The van der Waals surface area contributed by atoms with Crippen molar-refractivity contribution in [3.8, 4) is 17.3 Å². The highest BCUT2D eigenvalue weighted by Crippen LogP contribution is 2.28. The Bertz CT molecular complexity index is 1650. The molecule has 1 unspecified atom stereocenters. The molecule has 1 aliphatic rings. The normalized spacial score (nSPS) is 14.9. The van der Waals surface area contributed by atoms with E-state index in [0.29, 0.717) is 65.3 Å². The average Bonchev–Trinajstić information content (AvgIpc) is 3.44. The molecule has 0 radical (unpaired) electrons. The third-order valence-corrected chi connectivity index (χ3v) is 7.10. The lowest BCUT2D eigenvalue weighted by Crippen LogP contribution is -2.51. The number of carbonyl (C=O) groups is 1. The number of benzene rings is 1. The summed E-state index contributed by atoms with van der Waals surface area (Å²) in [7, 11) is 1.64. The Hall–Kier alpha value is -5.15. The lowest BCUT2D eigenvalue weighted by molar-refractivity contribution is -0.132. The summed E-state index contributed by atoms with van der Waals surface area (Å²) in [5.74, 6) is -0.169. The quantitative estimate of drug-likeness (QED) is 0.331. The third-order valence-electron chi connectivity index (χ3n) is 7.10. The van der Waals surface area contributed by atoms with Crippen LogP contribution in [0.15, 0.2) is 66.2 Å². The summed E-state index contributed by atoms with van der Waals surface area (Å²) >= 11 is 0. The molecule has 208 valence electrons. The molecule has 1 amide bonds. The van der Waals surface area contributed by atoms with E-state index >= 15 is 0 Å². The first kappa shape index (κ1) is 27.4. The zero-order chi connectivity index (χ0) is 28.9. The molecule has 5 rings (SSSR count). The number of carbonyl (C=O) groups excluding carboxylic acids is 1. The molecule has 4 N–H and O–H groups in total. The van der Waals surface area contributed by atoms with E-state index in [1.807, 2.05) is 12.1 Å². The fourth-order valence-electron chi connectivity index (χ4n) is 4.93. The summed E-state index contributed by atoms with van der Waals surface area (Å²) in [5.41, 5.74) is 15.8. The van der Waals surface area contributed by atoms with E-state index in [0.717, 1.165) is 5.82 Å². The Morgan fingerprint density at radius 2 is 1.93 bits per heavy atom. The van der Waals surface area contributed by atoms with Crippen LogP contribution in [0, 0.1) is 17.1 Å². The zero-order valence-corrected chi connectivity index (χ0v) is 22.5. The van der Waals surface area contributed by atoms with Gasteiger partial charge in [-0.1, -0.05) is 12.1 Å². The summed E-state index contributed by atoms with van der Waals surface area (Å²) in [4.78, 5) is 30.6. The number of amides is 1. The molecule has 1 fully saturated rings. The number of piperazine rings is 1. The lowest BCUT2D eigenvalue weighted by Gasteiger charge is -2.37. The van der Waals surface area contributed by atoms with Crippen LogP contribution in [0.4, 0.5) is 10.2 Å². The number of nitrogens with two attached hydrogens (primary N) is 2. The number of nitriles is 1. The predicted molar refractivity (Wildman–Crippen MR) is 155 cm³/mol. The highest BCUT2D eigenvalue weighted by atomic mass is 19.1. The molecular weight excluding hydrogens is 523 g/mol. The van der Waals surface area contributed by atoms with E-state index in [9.17, 15) is 14.4 Å². The summed E-state index contributed by atoms with van der Waals surface area (Å²) in [6.45, 7) is 2.37. The number of aliphatic imine (C=N–C) groups is 1. The van der Waals surface area contributed by atoms with Crippen LogP contribution >= 0.6 is 0 Å². The molecule has 3 aromatic heterocycles. The minimum atomic E-state index is -0.514. The summed E-state index contributed by atoms with van der Waals surface area (Å²) in [6.07, 6.45) is 7.94. The first-order chi connectivity index (χ1) is 20.0. The van der Waals surface area contributed by atoms with Crippen LogP contribution in [-0.4, -0.2) is 76.4 Å². The minimum absolute atomic E-state index is 0.0647. The van der Waals surface area contributed by atoms with Crippen molar-refractivity contribution in [1.29, 1.82) is 5.26 Å². The second-order valence-electron chi connectivity index (χ2n) is 9.50. The Morgan fingerprint density at radius 1 is 1.17 bits per heavy atom. The van der Waals surface area contributed by atoms with Crippen molar-refractivity contribution in [3.63, 3.8) is 0 Å². The molecule has 0 saturated carbocycles. The number of halogens is 1. The van der Waals surface area contributed by atoms with E-state index in [4.69, 9.17) is 16.5 Å². The van der Waals surface area contributed by atoms with Crippen molar-refractivity contribution in [3.05, 3.63) is 83.8 Å². The van der Waals surface area contributed by atoms with Crippen LogP contribution in [0.2, 0.25) is 0 Å². The number of nitrogens with zero attached hydrogens (tertiary/aromatic N) is 8. The van der Waals surface area contributed by atoms with Gasteiger partial charge in [0.15, 0.2) is 0 Å². The summed E-state index contributed by atoms with van der Waals surface area (Å²) in [6, 6.07) is 11.9. The topological polar surface area (TPSA) is 155 Å². The predicted octanol–water partition coefficient (Wildman–Crippen LogP) is 2.19. The Kier molecular flexibility index (Phi) is 7.98. The van der Waals surface area contributed by atoms with E-state index < -0.39 is 5.92 Å². The van der Waals surface area contributed by atoms with Crippen LogP contribution in [-0.2, 0) is 4.79 Å². The van der Waals surface area contributed by atoms with Gasteiger partial charge in [0.2, 0.25) is 5.91 Å². The first-order valence-corrected chi connectivity index (χ1v) is 13.1. The molecule has 4 aromatic rings. The monoisotopic (exact) mass is 552 g/mol. The molecule has 0 aliphatic carbocycles. The number of aromatic nitrogens is 4. The number of hydrogen-bond acceptors (Lipinski definition) is 9. The van der Waals surface area contributed by atoms with Crippen molar-refractivity contribution in [2.75, 3.05) is 44.7 Å². The van der Waals surface area contributed by atoms with Gasteiger partial charge in [0.25, 0.3) is 0 Å². The molecule has 1 saturated heterocycles. The summed E-state index contributed by atoms with van der Waals surface area (Å²) < 4.78 is 15.0. The second-order valence-corrected chi connectivity index (χ2v) is 9.50. The Labute approximate surface area is 236 Å². The van der Waals surface area contributed by atoms with Crippen LogP contribution < -0.4 is 16.4 Å². The Balaban J connectivity index is 1.35. The van der Waals surface area contributed by atoms with E-state index in [-0.39, 0.29) is 18.3 Å². The molecule has 0 bridgehead atoms. The number of rotatable bonds is 7. The van der Waals surface area contributed by atoms with Crippen molar-refractivity contribution < 1.29 is 9.18 Å². The van der Waals surface area contributed by atoms with Crippen LogP contribution in [0.25, 0.3) is 22.3 Å². The largest absolute Gasteiger partial charge is 0.404 e. The SMILES string of the molecule is CN=CC(=CN)c1cn2ncc(C#N)c2c(-c2ccc(N3CCN(C(=O)C(CN)c4ccc(F)cc4)CC3)nc2)n1. The van der Waals surface area contributed by atoms with Gasteiger partial charge in [-0.15, -0.1) is 0 Å². The molecule has 1 aromatic carbocycles. The fourth-order valence-corrected chi connectivity index (χ4v) is 4.93. The zero-order valence-electron chi connectivity index (χ0n) is 22.5. The third kappa shape index (κ3) is 5.48. The Morgan fingerprint density at radius 3 is 2.54 bits per heavy atom. The standard InChI is InChI=1S/C29H29FN10O/c1-34-15-21(12-31)25-18-40-28(22(13-32)17-36-40)27(37-25)20-4-7-26(35-16-20)38-8-10-39(11-9-38)29(41)24(14-33)19-2-5-23(30)6-3-19/h2-7,12,15-18,24H,8-11,14,31,33H2,1H3. The summed E-state index contributed by atoms with van der Waals surface area (Å²) in [5, 5.41) is 14.0. The molecule has 11 nitrogen and oxygen atoms in total. The number of anilines is 1. The highest BCUT2D eigenvalue weighted by molar-refractivity contribution is 6.09.